The minimum absolute atomic E-state index is 0.141. The number of halogens is 2. The summed E-state index contributed by atoms with van der Waals surface area (Å²) in [4.78, 5) is 26.6. The molecule has 2 rings (SSSR count). The smallest absolute Gasteiger partial charge is 0.168 e. The minimum atomic E-state index is -1.47. The Balaban J connectivity index is 2.56. The number of hydrogen-bond acceptors (Lipinski definition) is 5. The first-order valence-electron chi connectivity index (χ1n) is 7.52. The topological polar surface area (TPSA) is 72.5 Å². The summed E-state index contributed by atoms with van der Waals surface area (Å²) in [6.45, 7) is 7.09. The van der Waals surface area contributed by atoms with E-state index < -0.39 is 17.6 Å². The largest absolute Gasteiger partial charge is 0.547 e. The standard InChI is InChI=1S/C16H20ClIN2O3/c1-4-20(5-2)9(3)16(15(22)23)8-13(21)14-11(18)6-10(17)7-12(14)19-16/h6-7,9,19H,4-5,8H2,1-3H3,(H,22,23)/p-1. The summed E-state index contributed by atoms with van der Waals surface area (Å²) in [5, 5.41) is 15.5. The Morgan fingerprint density at radius 3 is 2.61 bits per heavy atom. The van der Waals surface area contributed by atoms with E-state index in [1.54, 1.807) is 12.1 Å². The van der Waals surface area contributed by atoms with Gasteiger partial charge in [0.2, 0.25) is 0 Å². The normalized spacial score (nSPS) is 21.7. The fourth-order valence-electron chi connectivity index (χ4n) is 3.21. The molecule has 126 valence electrons. The molecule has 0 radical (unpaired) electrons. The van der Waals surface area contributed by atoms with Crippen molar-refractivity contribution in [1.82, 2.24) is 4.90 Å². The van der Waals surface area contributed by atoms with Crippen LogP contribution in [0, 0.1) is 3.57 Å². The second kappa shape index (κ2) is 6.94. The number of Topliss-reactive ketones (excluding diaryl/α,β-unsaturated/α-hetero) is 1. The average Bonchev–Trinajstić information content (AvgIpc) is 2.46. The number of nitrogens with zero attached hydrogens (tertiary/aromatic N) is 1. The second-order valence-electron chi connectivity index (χ2n) is 5.69. The molecule has 0 bridgehead atoms. The quantitative estimate of drug-likeness (QED) is 0.698. The number of carboxylic acids is 1. The second-order valence-corrected chi connectivity index (χ2v) is 7.29. The summed E-state index contributed by atoms with van der Waals surface area (Å²) in [6.07, 6.45) is -0.141. The van der Waals surface area contributed by atoms with Gasteiger partial charge in [-0.25, -0.2) is 0 Å². The molecule has 7 heteroatoms. The van der Waals surface area contributed by atoms with E-state index in [2.05, 4.69) is 5.32 Å². The molecule has 1 aromatic rings. The highest BCUT2D eigenvalue weighted by Crippen LogP contribution is 2.38. The number of ketones is 1. The SMILES string of the molecule is CCN(CC)C(C)C1(C(=O)[O-])CC(=O)c2c(I)cc(Cl)cc2N1. The van der Waals surface area contributed by atoms with Crippen molar-refractivity contribution < 1.29 is 14.7 Å². The van der Waals surface area contributed by atoms with Gasteiger partial charge < -0.3 is 15.2 Å². The molecule has 5 nitrogen and oxygen atoms in total. The van der Waals surface area contributed by atoms with E-state index in [9.17, 15) is 14.7 Å². The number of fused-ring (bicyclic) bond motifs is 1. The molecule has 1 N–H and O–H groups in total. The van der Waals surface area contributed by atoms with Gasteiger partial charge in [0.1, 0.15) is 0 Å². The molecule has 1 heterocycles. The summed E-state index contributed by atoms with van der Waals surface area (Å²) in [5.41, 5.74) is -0.510. The number of likely N-dealkylation sites (N-methyl/N-ethyl adjacent to an activating group) is 1. The Bertz CT molecular complexity index is 648. The third kappa shape index (κ3) is 3.21. The van der Waals surface area contributed by atoms with Crippen molar-refractivity contribution in [2.45, 2.75) is 38.8 Å². The molecule has 0 fully saturated rings. The summed E-state index contributed by atoms with van der Waals surface area (Å²) in [6, 6.07) is 2.89. The summed E-state index contributed by atoms with van der Waals surface area (Å²) >= 11 is 8.11. The zero-order valence-corrected chi connectivity index (χ0v) is 16.2. The van der Waals surface area contributed by atoms with Crippen molar-refractivity contribution in [3.63, 3.8) is 0 Å². The molecule has 0 aromatic heterocycles. The maximum Gasteiger partial charge on any atom is 0.168 e. The third-order valence-electron chi connectivity index (χ3n) is 4.57. The Labute approximate surface area is 154 Å². The van der Waals surface area contributed by atoms with E-state index in [-0.39, 0.29) is 12.2 Å². The van der Waals surface area contributed by atoms with Crippen molar-refractivity contribution in [2.24, 2.45) is 0 Å². The number of nitrogens with one attached hydrogen (secondary N) is 1. The molecule has 2 unspecified atom stereocenters. The Morgan fingerprint density at radius 1 is 1.48 bits per heavy atom. The van der Waals surface area contributed by atoms with Crippen molar-refractivity contribution in [2.75, 3.05) is 18.4 Å². The third-order valence-corrected chi connectivity index (χ3v) is 5.64. The van der Waals surface area contributed by atoms with Crippen molar-refractivity contribution in [3.8, 4) is 0 Å². The molecule has 2 atom stereocenters. The minimum Gasteiger partial charge on any atom is -0.547 e. The predicted molar refractivity (Wildman–Crippen MR) is 96.9 cm³/mol. The van der Waals surface area contributed by atoms with Crippen LogP contribution in [0.3, 0.4) is 0 Å². The van der Waals surface area contributed by atoms with Crippen LogP contribution in [0.15, 0.2) is 12.1 Å². The zero-order chi connectivity index (χ0) is 17.4. The molecule has 23 heavy (non-hydrogen) atoms. The van der Waals surface area contributed by atoms with Crippen LogP contribution in [0.25, 0.3) is 0 Å². The first kappa shape index (κ1) is 18.5. The predicted octanol–water partition coefficient (Wildman–Crippen LogP) is 2.16. The maximum absolute atomic E-state index is 12.6. The Morgan fingerprint density at radius 2 is 2.09 bits per heavy atom. The van der Waals surface area contributed by atoms with E-state index in [4.69, 9.17) is 11.6 Å². The van der Waals surface area contributed by atoms with E-state index in [1.807, 2.05) is 48.3 Å². The van der Waals surface area contributed by atoms with Crippen LogP contribution in [0.2, 0.25) is 5.02 Å². The van der Waals surface area contributed by atoms with Gasteiger partial charge in [0.25, 0.3) is 0 Å². The van der Waals surface area contributed by atoms with Gasteiger partial charge in [-0.3, -0.25) is 9.69 Å². The van der Waals surface area contributed by atoms with E-state index in [1.165, 1.54) is 0 Å². The van der Waals surface area contributed by atoms with Gasteiger partial charge in [0.05, 0.1) is 17.1 Å². The Kier molecular flexibility index (Phi) is 5.58. The average molecular weight is 450 g/mol. The lowest BCUT2D eigenvalue weighted by Gasteiger charge is -2.48. The van der Waals surface area contributed by atoms with Gasteiger partial charge in [-0.2, -0.15) is 0 Å². The highest BCUT2D eigenvalue weighted by Gasteiger charge is 2.46. The highest BCUT2D eigenvalue weighted by molar-refractivity contribution is 14.1. The molecule has 1 aliphatic rings. The van der Waals surface area contributed by atoms with Crippen LogP contribution in [0.5, 0.6) is 0 Å². The molecule has 0 amide bonds. The molecule has 0 saturated carbocycles. The first-order valence-corrected chi connectivity index (χ1v) is 8.98. The van der Waals surface area contributed by atoms with Crippen LogP contribution < -0.4 is 10.4 Å². The molecule has 1 aromatic carbocycles. The molecular weight excluding hydrogens is 431 g/mol. The maximum atomic E-state index is 12.6. The van der Waals surface area contributed by atoms with E-state index >= 15 is 0 Å². The molecule has 0 aliphatic carbocycles. The van der Waals surface area contributed by atoms with Crippen molar-refractivity contribution in [1.29, 1.82) is 0 Å². The molecule has 0 saturated heterocycles. The number of carbonyl (C=O) groups excluding carboxylic acids is 2. The number of carbonyl (C=O) groups is 2. The van der Waals surface area contributed by atoms with Gasteiger partial charge in [0.15, 0.2) is 5.78 Å². The van der Waals surface area contributed by atoms with Gasteiger partial charge >= 0.3 is 0 Å². The van der Waals surface area contributed by atoms with E-state index in [0.29, 0.717) is 32.9 Å². The highest BCUT2D eigenvalue weighted by atomic mass is 127. The van der Waals surface area contributed by atoms with Gasteiger partial charge in [0, 0.05) is 26.7 Å². The summed E-state index contributed by atoms with van der Waals surface area (Å²) < 4.78 is 0.713. The van der Waals surface area contributed by atoms with Gasteiger partial charge in [-0.1, -0.05) is 25.4 Å². The number of aliphatic carboxylic acids is 1. The van der Waals surface area contributed by atoms with Gasteiger partial charge in [-0.15, -0.1) is 0 Å². The molecule has 1 aliphatic heterocycles. The fraction of sp³-hybridized carbons (Fsp3) is 0.500. The summed E-state index contributed by atoms with van der Waals surface area (Å²) in [5.74, 6) is -1.48. The summed E-state index contributed by atoms with van der Waals surface area (Å²) in [7, 11) is 0. The number of benzene rings is 1. The Hall–Kier alpha value is -0.860. The lowest BCUT2D eigenvalue weighted by Crippen LogP contribution is -2.67. The van der Waals surface area contributed by atoms with Crippen LogP contribution in [-0.4, -0.2) is 41.3 Å². The number of rotatable bonds is 5. The van der Waals surface area contributed by atoms with Crippen molar-refractivity contribution in [3.05, 3.63) is 26.3 Å². The van der Waals surface area contributed by atoms with Crippen LogP contribution in [0.1, 0.15) is 37.6 Å². The molecule has 0 spiro atoms. The molecular formula is C16H19ClIN2O3-. The van der Waals surface area contributed by atoms with Gasteiger partial charge in [-0.05, 0) is 54.7 Å². The van der Waals surface area contributed by atoms with Crippen molar-refractivity contribution >= 4 is 51.6 Å². The monoisotopic (exact) mass is 449 g/mol. The van der Waals surface area contributed by atoms with Crippen LogP contribution in [0.4, 0.5) is 5.69 Å². The zero-order valence-electron chi connectivity index (χ0n) is 13.3. The number of carboxylic acid groups (broad SMARTS) is 1. The lowest BCUT2D eigenvalue weighted by molar-refractivity contribution is -0.313. The van der Waals surface area contributed by atoms with E-state index in [0.717, 1.165) is 0 Å². The van der Waals surface area contributed by atoms with Crippen LogP contribution in [-0.2, 0) is 4.79 Å². The van der Waals surface area contributed by atoms with Crippen LogP contribution >= 0.6 is 34.2 Å². The first-order chi connectivity index (χ1) is 10.8. The number of anilines is 1. The fourth-order valence-corrected chi connectivity index (χ4v) is 4.54. The lowest BCUT2D eigenvalue weighted by atomic mass is 9.79. The number of hydrogen-bond donors (Lipinski definition) is 1.